The molecule has 0 unspecified atom stereocenters. The van der Waals surface area contributed by atoms with Crippen molar-refractivity contribution in [1.82, 2.24) is 4.98 Å². The van der Waals surface area contributed by atoms with Gasteiger partial charge in [-0.1, -0.05) is 0 Å². The molecule has 54 valence electrons. The molecule has 1 saturated carbocycles. The van der Waals surface area contributed by atoms with Crippen molar-refractivity contribution >= 4 is 11.3 Å². The fraction of sp³-hybridized carbons (Fsp3) is 0.571. The second-order valence-electron chi connectivity index (χ2n) is 2.54. The molecule has 1 aliphatic rings. The summed E-state index contributed by atoms with van der Waals surface area (Å²) in [4.78, 5) is 4.21. The SMILES string of the molecule is COC1(c2nccs2)CC1. The lowest BCUT2D eigenvalue weighted by Gasteiger charge is -2.07. The number of methoxy groups -OCH3 is 1. The van der Waals surface area contributed by atoms with Crippen LogP contribution in [-0.2, 0) is 10.3 Å². The lowest BCUT2D eigenvalue weighted by atomic mass is 10.4. The van der Waals surface area contributed by atoms with Crippen LogP contribution < -0.4 is 0 Å². The molecule has 1 aromatic rings. The number of aromatic nitrogens is 1. The van der Waals surface area contributed by atoms with Crippen molar-refractivity contribution in [3.8, 4) is 0 Å². The van der Waals surface area contributed by atoms with Gasteiger partial charge < -0.3 is 4.74 Å². The van der Waals surface area contributed by atoms with Gasteiger partial charge in [-0.3, -0.25) is 0 Å². The Morgan fingerprint density at radius 2 is 2.50 bits per heavy atom. The summed E-state index contributed by atoms with van der Waals surface area (Å²) in [6.07, 6.45) is 4.10. The van der Waals surface area contributed by atoms with Gasteiger partial charge in [0.25, 0.3) is 0 Å². The summed E-state index contributed by atoms with van der Waals surface area (Å²) in [5, 5.41) is 3.13. The second-order valence-corrected chi connectivity index (χ2v) is 3.43. The van der Waals surface area contributed by atoms with E-state index in [9.17, 15) is 0 Å². The standard InChI is InChI=1S/C7H9NOS/c1-9-7(2-3-7)6-8-4-5-10-6/h4-5H,2-3H2,1H3. The molecule has 2 rings (SSSR count). The predicted molar refractivity (Wildman–Crippen MR) is 40.0 cm³/mol. The maximum Gasteiger partial charge on any atom is 0.125 e. The molecule has 1 aliphatic carbocycles. The van der Waals surface area contributed by atoms with Gasteiger partial charge in [-0.15, -0.1) is 11.3 Å². The lowest BCUT2D eigenvalue weighted by Crippen LogP contribution is -2.07. The minimum atomic E-state index is 0.0220. The quantitative estimate of drug-likeness (QED) is 0.649. The molecule has 1 aromatic heterocycles. The van der Waals surface area contributed by atoms with Crippen molar-refractivity contribution in [2.75, 3.05) is 7.11 Å². The monoisotopic (exact) mass is 155 g/mol. The molecule has 0 bridgehead atoms. The third kappa shape index (κ3) is 0.777. The molecule has 0 spiro atoms. The molecule has 10 heavy (non-hydrogen) atoms. The van der Waals surface area contributed by atoms with Crippen molar-refractivity contribution < 1.29 is 4.74 Å². The molecule has 0 N–H and O–H groups in total. The van der Waals surface area contributed by atoms with Gasteiger partial charge in [0.05, 0.1) is 0 Å². The van der Waals surface area contributed by atoms with Crippen LogP contribution >= 0.6 is 11.3 Å². The Hall–Kier alpha value is -0.410. The van der Waals surface area contributed by atoms with E-state index in [-0.39, 0.29) is 5.60 Å². The number of hydrogen-bond acceptors (Lipinski definition) is 3. The van der Waals surface area contributed by atoms with E-state index in [2.05, 4.69) is 4.98 Å². The highest BCUT2D eigenvalue weighted by atomic mass is 32.1. The molecule has 0 atom stereocenters. The molecular weight excluding hydrogens is 146 g/mol. The Morgan fingerprint density at radius 1 is 1.70 bits per heavy atom. The zero-order chi connectivity index (χ0) is 7.03. The highest BCUT2D eigenvalue weighted by Crippen LogP contribution is 2.49. The molecule has 0 saturated heterocycles. The summed E-state index contributed by atoms with van der Waals surface area (Å²) in [5.74, 6) is 0. The highest BCUT2D eigenvalue weighted by Gasteiger charge is 2.47. The van der Waals surface area contributed by atoms with Crippen LogP contribution in [0.25, 0.3) is 0 Å². The average molecular weight is 155 g/mol. The number of thiazole rings is 1. The number of ether oxygens (including phenoxy) is 1. The predicted octanol–water partition coefficient (Wildman–Crippen LogP) is 1.78. The largest absolute Gasteiger partial charge is 0.371 e. The van der Waals surface area contributed by atoms with E-state index in [0.29, 0.717) is 0 Å². The molecule has 1 fully saturated rings. The normalized spacial score (nSPS) is 20.9. The van der Waals surface area contributed by atoms with Crippen molar-refractivity contribution in [2.45, 2.75) is 18.4 Å². The first-order valence-corrected chi connectivity index (χ1v) is 4.20. The maximum absolute atomic E-state index is 5.34. The van der Waals surface area contributed by atoms with Gasteiger partial charge in [0.15, 0.2) is 0 Å². The summed E-state index contributed by atoms with van der Waals surface area (Å²) >= 11 is 1.68. The van der Waals surface area contributed by atoms with E-state index in [1.165, 1.54) is 0 Å². The molecule has 0 aliphatic heterocycles. The first-order chi connectivity index (χ1) is 4.87. The Labute approximate surface area is 63.9 Å². The zero-order valence-corrected chi connectivity index (χ0v) is 6.65. The van der Waals surface area contributed by atoms with Crippen LogP contribution in [0.1, 0.15) is 17.8 Å². The molecule has 0 radical (unpaired) electrons. The highest BCUT2D eigenvalue weighted by molar-refractivity contribution is 7.09. The summed E-state index contributed by atoms with van der Waals surface area (Å²) in [5.41, 5.74) is 0.0220. The van der Waals surface area contributed by atoms with Crippen LogP contribution in [-0.4, -0.2) is 12.1 Å². The topological polar surface area (TPSA) is 22.1 Å². The Kier molecular flexibility index (Phi) is 1.28. The fourth-order valence-electron chi connectivity index (χ4n) is 1.07. The van der Waals surface area contributed by atoms with Crippen LogP contribution in [0.4, 0.5) is 0 Å². The third-order valence-electron chi connectivity index (χ3n) is 1.92. The van der Waals surface area contributed by atoms with Gasteiger partial charge in [-0.25, -0.2) is 4.98 Å². The van der Waals surface area contributed by atoms with E-state index in [1.54, 1.807) is 18.4 Å². The zero-order valence-electron chi connectivity index (χ0n) is 5.83. The molecule has 2 nitrogen and oxygen atoms in total. The van der Waals surface area contributed by atoms with Crippen LogP contribution in [0.5, 0.6) is 0 Å². The summed E-state index contributed by atoms with van der Waals surface area (Å²) in [6.45, 7) is 0. The van der Waals surface area contributed by atoms with E-state index in [4.69, 9.17) is 4.74 Å². The van der Waals surface area contributed by atoms with Gasteiger partial charge in [-0.2, -0.15) is 0 Å². The molecule has 1 heterocycles. The van der Waals surface area contributed by atoms with Crippen molar-refractivity contribution in [3.63, 3.8) is 0 Å². The Morgan fingerprint density at radius 3 is 2.90 bits per heavy atom. The van der Waals surface area contributed by atoms with Crippen LogP contribution in [0.2, 0.25) is 0 Å². The van der Waals surface area contributed by atoms with E-state index < -0.39 is 0 Å². The minimum absolute atomic E-state index is 0.0220. The van der Waals surface area contributed by atoms with Gasteiger partial charge in [-0.05, 0) is 12.8 Å². The smallest absolute Gasteiger partial charge is 0.125 e. The average Bonchev–Trinajstić information content (AvgIpc) is 2.58. The van der Waals surface area contributed by atoms with E-state index in [0.717, 1.165) is 17.8 Å². The third-order valence-corrected chi connectivity index (χ3v) is 2.88. The van der Waals surface area contributed by atoms with E-state index >= 15 is 0 Å². The Bertz CT molecular complexity index is 216. The van der Waals surface area contributed by atoms with Crippen molar-refractivity contribution in [3.05, 3.63) is 16.6 Å². The first-order valence-electron chi connectivity index (χ1n) is 3.32. The molecular formula is C7H9NOS. The Balaban J connectivity index is 2.27. The van der Waals surface area contributed by atoms with Gasteiger partial charge in [0.2, 0.25) is 0 Å². The van der Waals surface area contributed by atoms with Crippen LogP contribution in [0.3, 0.4) is 0 Å². The maximum atomic E-state index is 5.34. The van der Waals surface area contributed by atoms with Crippen molar-refractivity contribution in [2.24, 2.45) is 0 Å². The molecule has 3 heteroatoms. The molecule has 0 aromatic carbocycles. The summed E-state index contributed by atoms with van der Waals surface area (Å²) in [6, 6.07) is 0. The van der Waals surface area contributed by atoms with Crippen molar-refractivity contribution in [1.29, 1.82) is 0 Å². The fourth-order valence-corrected chi connectivity index (χ4v) is 1.94. The summed E-state index contributed by atoms with van der Waals surface area (Å²) in [7, 11) is 1.76. The van der Waals surface area contributed by atoms with Gasteiger partial charge in [0, 0.05) is 18.7 Å². The van der Waals surface area contributed by atoms with Crippen LogP contribution in [0, 0.1) is 0 Å². The first kappa shape index (κ1) is 6.31. The van der Waals surface area contributed by atoms with E-state index in [1.807, 2.05) is 11.6 Å². The minimum Gasteiger partial charge on any atom is -0.371 e. The van der Waals surface area contributed by atoms with Crippen LogP contribution in [0.15, 0.2) is 11.6 Å². The second kappa shape index (κ2) is 2.04. The number of nitrogens with zero attached hydrogens (tertiary/aromatic N) is 1. The van der Waals surface area contributed by atoms with Gasteiger partial charge >= 0.3 is 0 Å². The van der Waals surface area contributed by atoms with Gasteiger partial charge in [0.1, 0.15) is 10.6 Å². The number of rotatable bonds is 2. The lowest BCUT2D eigenvalue weighted by molar-refractivity contribution is 0.0787. The summed E-state index contributed by atoms with van der Waals surface area (Å²) < 4.78 is 5.34. The molecule has 0 amide bonds. The number of hydrogen-bond donors (Lipinski definition) is 0.